The first-order valence-corrected chi connectivity index (χ1v) is 11.3. The van der Waals surface area contributed by atoms with Crippen molar-refractivity contribution in [2.45, 2.75) is 31.0 Å². The van der Waals surface area contributed by atoms with Gasteiger partial charge in [0.1, 0.15) is 23.8 Å². The number of anilines is 2. The highest BCUT2D eigenvalue weighted by atomic mass is 35.5. The molecule has 11 nitrogen and oxygen atoms in total. The second kappa shape index (κ2) is 10.5. The third-order valence-electron chi connectivity index (χ3n) is 5.68. The Balaban J connectivity index is 1.24. The third kappa shape index (κ3) is 5.40. The molecule has 4 rings (SSSR count). The van der Waals surface area contributed by atoms with E-state index >= 15 is 0 Å². The fourth-order valence-electron chi connectivity index (χ4n) is 3.94. The van der Waals surface area contributed by atoms with Gasteiger partial charge in [0.25, 0.3) is 0 Å². The number of urea groups is 1. The van der Waals surface area contributed by atoms with E-state index in [4.69, 9.17) is 22.1 Å². The minimum Gasteiger partial charge on any atom is -0.397 e. The largest absolute Gasteiger partial charge is 0.397 e. The van der Waals surface area contributed by atoms with Crippen molar-refractivity contribution in [3.63, 3.8) is 0 Å². The number of amides is 2. The number of imidazole rings is 1. The van der Waals surface area contributed by atoms with Crippen LogP contribution in [0.3, 0.4) is 0 Å². The van der Waals surface area contributed by atoms with Gasteiger partial charge in [-0.25, -0.2) is 14.8 Å². The summed E-state index contributed by atoms with van der Waals surface area (Å²) in [6.07, 6.45) is 0.0858. The van der Waals surface area contributed by atoms with Gasteiger partial charge in [0, 0.05) is 30.0 Å². The van der Waals surface area contributed by atoms with Crippen molar-refractivity contribution in [3.8, 4) is 0 Å². The molecular formula is C22H28ClN7O4. The van der Waals surface area contributed by atoms with Crippen LogP contribution in [0.4, 0.5) is 16.2 Å². The number of aliphatic hydroxyl groups is 2. The molecule has 3 aromatic rings. The number of hydrogen-bond acceptors (Lipinski definition) is 8. The maximum Gasteiger partial charge on any atom is 0.319 e. The van der Waals surface area contributed by atoms with Gasteiger partial charge in [0.05, 0.1) is 12.0 Å². The van der Waals surface area contributed by atoms with Crippen LogP contribution in [0.2, 0.25) is 5.02 Å². The highest BCUT2D eigenvalue weighted by Gasteiger charge is 2.44. The lowest BCUT2D eigenvalue weighted by Crippen LogP contribution is -2.39. The summed E-state index contributed by atoms with van der Waals surface area (Å²) in [6.45, 7) is 1.51. The number of rotatable bonds is 8. The van der Waals surface area contributed by atoms with E-state index in [1.165, 1.54) is 6.33 Å². The number of nitrogens with one attached hydrogen (secondary N) is 2. The summed E-state index contributed by atoms with van der Waals surface area (Å²) < 4.78 is 7.56. The number of benzene rings is 1. The number of aromatic nitrogens is 3. The standard InChI is InChI=1S/C22H28ClN7O4/c1-29(9-3-7-26-22(33)28-14-5-2-4-13(23)10-14)11-16-18(31)19(32)21(34-16)30-12-27-17-15(24)6-8-25-20(17)30/h2,4-6,8,10,12,16,18-19,21,31-32H,3,7,9,11H2,1H3,(H2,24,25)(H2,26,28,33)/t16-,18-,19-,21-/m1/s1. The van der Waals surface area contributed by atoms with Crippen molar-refractivity contribution in [3.05, 3.63) is 47.9 Å². The molecule has 1 aromatic carbocycles. The number of hydrogen-bond donors (Lipinski definition) is 5. The van der Waals surface area contributed by atoms with Crippen LogP contribution in [0.15, 0.2) is 42.9 Å². The minimum absolute atomic E-state index is 0.313. The first-order chi connectivity index (χ1) is 16.3. The zero-order chi connectivity index (χ0) is 24.2. The molecule has 12 heteroatoms. The SMILES string of the molecule is CN(CCCNC(=O)Nc1cccc(Cl)c1)C[C@H]1O[C@@H](n2cnc3c(N)ccnc32)[C@H](O)[C@@H]1O. The Bertz CT molecular complexity index is 1140. The summed E-state index contributed by atoms with van der Waals surface area (Å²) in [5, 5.41) is 27.2. The molecule has 4 atom stereocenters. The van der Waals surface area contributed by atoms with Gasteiger partial charge < -0.3 is 36.2 Å². The molecule has 3 heterocycles. The van der Waals surface area contributed by atoms with Crippen LogP contribution in [-0.2, 0) is 4.74 Å². The van der Waals surface area contributed by atoms with E-state index in [9.17, 15) is 15.0 Å². The van der Waals surface area contributed by atoms with Crippen molar-refractivity contribution in [2.75, 3.05) is 37.7 Å². The number of nitrogens with zero attached hydrogens (tertiary/aromatic N) is 4. The van der Waals surface area contributed by atoms with Crippen LogP contribution in [0, 0.1) is 0 Å². The van der Waals surface area contributed by atoms with Crippen LogP contribution in [-0.4, -0.2) is 80.7 Å². The zero-order valence-corrected chi connectivity index (χ0v) is 19.4. The molecule has 0 saturated carbocycles. The van der Waals surface area contributed by atoms with E-state index in [1.807, 2.05) is 11.9 Å². The van der Waals surface area contributed by atoms with Crippen molar-refractivity contribution >= 4 is 40.2 Å². The molecule has 0 aliphatic carbocycles. The van der Waals surface area contributed by atoms with Gasteiger partial charge in [-0.05, 0) is 44.3 Å². The van der Waals surface area contributed by atoms with Gasteiger partial charge in [-0.3, -0.25) is 4.57 Å². The van der Waals surface area contributed by atoms with E-state index in [0.29, 0.717) is 53.6 Å². The molecule has 6 N–H and O–H groups in total. The van der Waals surface area contributed by atoms with Crippen molar-refractivity contribution < 1.29 is 19.7 Å². The lowest BCUT2D eigenvalue weighted by Gasteiger charge is -2.22. The molecule has 0 spiro atoms. The van der Waals surface area contributed by atoms with Gasteiger partial charge in [-0.2, -0.15) is 0 Å². The first-order valence-electron chi connectivity index (χ1n) is 10.9. The molecule has 1 aliphatic rings. The highest BCUT2D eigenvalue weighted by molar-refractivity contribution is 6.30. The molecule has 2 amide bonds. The van der Waals surface area contributed by atoms with Crippen molar-refractivity contribution in [1.29, 1.82) is 0 Å². The van der Waals surface area contributed by atoms with Crippen molar-refractivity contribution in [2.24, 2.45) is 0 Å². The number of likely N-dealkylation sites (N-methyl/N-ethyl adjacent to an activating group) is 1. The average molecular weight is 490 g/mol. The number of nitrogen functional groups attached to an aromatic ring is 1. The Morgan fingerprint density at radius 2 is 2.12 bits per heavy atom. The first kappa shape index (κ1) is 24.2. The summed E-state index contributed by atoms with van der Waals surface area (Å²) in [5.74, 6) is 0. The van der Waals surface area contributed by atoms with E-state index in [2.05, 4.69) is 20.6 Å². The van der Waals surface area contributed by atoms with Crippen LogP contribution in [0.5, 0.6) is 0 Å². The monoisotopic (exact) mass is 489 g/mol. The maximum atomic E-state index is 12.0. The van der Waals surface area contributed by atoms with E-state index in [-0.39, 0.29) is 6.03 Å². The Hall–Kier alpha value is -2.96. The van der Waals surface area contributed by atoms with Crippen LogP contribution < -0.4 is 16.4 Å². The Kier molecular flexibility index (Phi) is 7.49. The quantitative estimate of drug-likeness (QED) is 0.298. The van der Waals surface area contributed by atoms with E-state index < -0.39 is 24.5 Å². The summed E-state index contributed by atoms with van der Waals surface area (Å²) in [7, 11) is 1.89. The molecule has 1 saturated heterocycles. The number of ether oxygens (including phenoxy) is 1. The number of halogens is 1. The van der Waals surface area contributed by atoms with Crippen LogP contribution in [0.1, 0.15) is 12.6 Å². The summed E-state index contributed by atoms with van der Waals surface area (Å²) in [4.78, 5) is 22.5. The predicted molar refractivity (Wildman–Crippen MR) is 128 cm³/mol. The number of pyridine rings is 1. The molecule has 2 aromatic heterocycles. The van der Waals surface area contributed by atoms with E-state index in [0.717, 1.165) is 0 Å². The number of carbonyl (C=O) groups is 1. The summed E-state index contributed by atoms with van der Waals surface area (Å²) in [5.41, 5.74) is 8.02. The number of carbonyl (C=O) groups excluding carboxylic acids is 1. The smallest absolute Gasteiger partial charge is 0.319 e. The summed E-state index contributed by atoms with van der Waals surface area (Å²) >= 11 is 5.92. The molecule has 182 valence electrons. The Labute approximate surface area is 201 Å². The zero-order valence-electron chi connectivity index (χ0n) is 18.6. The predicted octanol–water partition coefficient (Wildman–Crippen LogP) is 1.43. The second-order valence-corrected chi connectivity index (χ2v) is 8.71. The van der Waals surface area contributed by atoms with Gasteiger partial charge in [0.15, 0.2) is 11.9 Å². The molecular weight excluding hydrogens is 462 g/mol. The third-order valence-corrected chi connectivity index (χ3v) is 5.91. The number of aliphatic hydroxyl groups excluding tert-OH is 2. The Morgan fingerprint density at radius 3 is 2.91 bits per heavy atom. The Morgan fingerprint density at radius 1 is 1.29 bits per heavy atom. The lowest BCUT2D eigenvalue weighted by molar-refractivity contribution is -0.0421. The minimum atomic E-state index is -1.14. The molecule has 1 fully saturated rings. The normalized spacial score (nSPS) is 22.4. The maximum absolute atomic E-state index is 12.0. The molecule has 1 aliphatic heterocycles. The van der Waals surface area contributed by atoms with Gasteiger partial charge in [-0.1, -0.05) is 17.7 Å². The number of fused-ring (bicyclic) bond motifs is 1. The van der Waals surface area contributed by atoms with Gasteiger partial charge in [0.2, 0.25) is 0 Å². The highest BCUT2D eigenvalue weighted by Crippen LogP contribution is 2.32. The fourth-order valence-corrected chi connectivity index (χ4v) is 4.13. The topological polar surface area (TPSA) is 151 Å². The average Bonchev–Trinajstić information content (AvgIpc) is 3.34. The lowest BCUT2D eigenvalue weighted by atomic mass is 10.1. The molecule has 34 heavy (non-hydrogen) atoms. The van der Waals surface area contributed by atoms with Gasteiger partial charge >= 0.3 is 6.03 Å². The second-order valence-electron chi connectivity index (χ2n) is 8.28. The van der Waals surface area contributed by atoms with Crippen LogP contribution >= 0.6 is 11.6 Å². The fraction of sp³-hybridized carbons (Fsp3) is 0.409. The molecule has 0 radical (unpaired) electrons. The van der Waals surface area contributed by atoms with Crippen molar-refractivity contribution in [1.82, 2.24) is 24.8 Å². The van der Waals surface area contributed by atoms with E-state index in [1.54, 1.807) is 41.1 Å². The summed E-state index contributed by atoms with van der Waals surface area (Å²) in [6, 6.07) is 8.25. The van der Waals surface area contributed by atoms with Crippen LogP contribution in [0.25, 0.3) is 11.2 Å². The molecule has 0 bridgehead atoms. The van der Waals surface area contributed by atoms with Gasteiger partial charge in [-0.15, -0.1) is 0 Å². The molecule has 0 unspecified atom stereocenters. The number of nitrogens with two attached hydrogens (primary N) is 1.